The number of hydrogen-bond acceptors (Lipinski definition) is 11. The van der Waals surface area contributed by atoms with Gasteiger partial charge in [0.2, 0.25) is 12.2 Å². The Balaban J connectivity index is 0. The maximum atomic E-state index is 10.5. The number of esters is 2. The number of isocyanates is 2. The quantitative estimate of drug-likeness (QED) is 0.130. The Morgan fingerprint density at radius 1 is 1.08 bits per heavy atom. The third kappa shape index (κ3) is 22.5. The van der Waals surface area contributed by atoms with Gasteiger partial charge in [0.05, 0.1) is 25.8 Å². The van der Waals surface area contributed by atoms with Gasteiger partial charge in [-0.2, -0.15) is 0 Å². The molecule has 0 aromatic heterocycles. The number of aliphatic hydroxyl groups is 3. The number of carbonyl (C=O) groups excluding carboxylic acids is 4. The van der Waals surface area contributed by atoms with Crippen LogP contribution in [0.4, 0.5) is 0 Å². The summed E-state index contributed by atoms with van der Waals surface area (Å²) in [5.74, 6) is -0.526. The maximum absolute atomic E-state index is 10.5. The van der Waals surface area contributed by atoms with Gasteiger partial charge in [-0.25, -0.2) is 24.4 Å². The fraction of sp³-hybridized carbons (Fsp3) is 0.778. The minimum Gasteiger partial charge on any atom is -0.466 e. The first kappa shape index (κ1) is 37.5. The van der Waals surface area contributed by atoms with Crippen molar-refractivity contribution in [1.29, 1.82) is 0 Å². The normalized spacial score (nSPS) is 21.3. The topological polar surface area (TPSA) is 172 Å². The summed E-state index contributed by atoms with van der Waals surface area (Å²) in [7, 11) is 0. The van der Waals surface area contributed by atoms with E-state index in [1.54, 1.807) is 12.2 Å². The molecule has 0 aromatic carbocycles. The summed E-state index contributed by atoms with van der Waals surface area (Å²) in [5.41, 5.74) is 0.0561. The summed E-state index contributed by atoms with van der Waals surface area (Å²) in [5, 5.41) is 24.3. The van der Waals surface area contributed by atoms with Gasteiger partial charge in [0, 0.05) is 25.7 Å². The van der Waals surface area contributed by atoms with Crippen LogP contribution in [0.15, 0.2) is 22.6 Å². The minimum atomic E-state index is -0.501. The molecule has 218 valence electrons. The smallest absolute Gasteiger partial charge is 0.330 e. The highest BCUT2D eigenvalue weighted by Crippen LogP contribution is 2.47. The molecule has 11 nitrogen and oxygen atoms in total. The van der Waals surface area contributed by atoms with Gasteiger partial charge in [0.1, 0.15) is 6.61 Å². The lowest BCUT2D eigenvalue weighted by Gasteiger charge is -2.44. The van der Waals surface area contributed by atoms with E-state index in [2.05, 4.69) is 42.1 Å². The van der Waals surface area contributed by atoms with E-state index in [0.29, 0.717) is 19.6 Å². The monoisotopic (exact) mass is 542 g/mol. The molecule has 1 heterocycles. The largest absolute Gasteiger partial charge is 0.466 e. The molecule has 2 rings (SSSR count). The Morgan fingerprint density at radius 2 is 1.74 bits per heavy atom. The lowest BCUT2D eigenvalue weighted by molar-refractivity contribution is -0.142. The Morgan fingerprint density at radius 3 is 2.26 bits per heavy atom. The number of unbranched alkanes of at least 4 members (excludes halogenated alkanes) is 1. The molecular formula is C27H46N2O9. The van der Waals surface area contributed by atoms with Crippen molar-refractivity contribution < 1.29 is 44.0 Å². The second-order valence-electron chi connectivity index (χ2n) is 10.1. The van der Waals surface area contributed by atoms with Crippen LogP contribution in [0.2, 0.25) is 0 Å². The second kappa shape index (κ2) is 23.4. The Bertz CT molecular complexity index is 746. The first-order chi connectivity index (χ1) is 18.0. The molecule has 38 heavy (non-hydrogen) atoms. The maximum Gasteiger partial charge on any atom is 0.330 e. The van der Waals surface area contributed by atoms with Crippen LogP contribution in [-0.4, -0.2) is 85.0 Å². The van der Waals surface area contributed by atoms with Gasteiger partial charge >= 0.3 is 11.9 Å². The molecule has 0 radical (unpaired) electrons. The summed E-state index contributed by atoms with van der Waals surface area (Å²) < 4.78 is 9.10. The Hall–Kier alpha value is -2.68. The van der Waals surface area contributed by atoms with Crippen molar-refractivity contribution in [1.82, 2.24) is 0 Å². The third-order valence-corrected chi connectivity index (χ3v) is 5.54. The van der Waals surface area contributed by atoms with Crippen molar-refractivity contribution in [3.8, 4) is 0 Å². The Labute approximate surface area is 226 Å². The molecule has 0 bridgehead atoms. The van der Waals surface area contributed by atoms with Gasteiger partial charge in [0.15, 0.2) is 0 Å². The molecule has 1 saturated heterocycles. The lowest BCUT2D eigenvalue weighted by Crippen LogP contribution is -2.39. The number of ether oxygens (including phenoxy) is 2. The number of aliphatic imine (C=N–C) groups is 2. The molecule has 3 N–H and O–H groups in total. The molecule has 1 aliphatic heterocycles. The molecule has 0 amide bonds. The molecule has 0 spiro atoms. The van der Waals surface area contributed by atoms with Crippen LogP contribution in [-0.2, 0) is 28.7 Å². The van der Waals surface area contributed by atoms with E-state index in [0.717, 1.165) is 57.4 Å². The number of nitrogens with zero attached hydrogens (tertiary/aromatic N) is 2. The molecule has 11 heteroatoms. The SMILES string of the molecule is C=CC(=O)OCCO.CC1(C)CC(N=C=O)CC(C)(CN=C=O)C1.O=C1CCCCCO1.OCCCCO. The van der Waals surface area contributed by atoms with Crippen molar-refractivity contribution in [3.63, 3.8) is 0 Å². The van der Waals surface area contributed by atoms with Crippen LogP contribution in [0.3, 0.4) is 0 Å². The van der Waals surface area contributed by atoms with Crippen molar-refractivity contribution in [2.24, 2.45) is 20.8 Å². The molecule has 1 saturated carbocycles. The second-order valence-corrected chi connectivity index (χ2v) is 10.1. The van der Waals surface area contributed by atoms with Gasteiger partial charge in [0.25, 0.3) is 0 Å². The van der Waals surface area contributed by atoms with E-state index in [4.69, 9.17) is 20.1 Å². The standard InChI is InChI=1S/C12H18N2O2.C6H10O2.C5H8O3.C4H10O2/c1-11(2)4-10(14-9-16)5-12(3,6-11)7-13-8-15;7-6-4-2-1-3-5-8-6;1-2-5(7)8-4-3-6;5-3-1-2-4-6/h10H,4-7H2,1-3H3;1-5H2;2,6H,1,3-4H2;5-6H,1-4H2. The van der Waals surface area contributed by atoms with E-state index in [1.807, 2.05) is 0 Å². The fourth-order valence-corrected chi connectivity index (χ4v) is 4.32. The van der Waals surface area contributed by atoms with Crippen molar-refractivity contribution >= 4 is 24.1 Å². The summed E-state index contributed by atoms with van der Waals surface area (Å²) >= 11 is 0. The third-order valence-electron chi connectivity index (χ3n) is 5.54. The highest BCUT2D eigenvalue weighted by atomic mass is 16.5. The molecule has 2 atom stereocenters. The fourth-order valence-electron chi connectivity index (χ4n) is 4.32. The molecule has 0 aromatic rings. The predicted octanol–water partition coefficient (Wildman–Crippen LogP) is 2.81. The molecule has 1 aliphatic carbocycles. The van der Waals surface area contributed by atoms with Gasteiger partial charge in [-0.05, 0) is 62.2 Å². The van der Waals surface area contributed by atoms with E-state index < -0.39 is 5.97 Å². The van der Waals surface area contributed by atoms with Crippen LogP contribution < -0.4 is 0 Å². The molecule has 2 aliphatic rings. The summed E-state index contributed by atoms with van der Waals surface area (Å²) in [6, 6.07) is 0.00750. The molecular weight excluding hydrogens is 496 g/mol. The number of rotatable bonds is 9. The van der Waals surface area contributed by atoms with E-state index >= 15 is 0 Å². The number of carbonyl (C=O) groups is 2. The minimum absolute atomic E-state index is 0.00750. The van der Waals surface area contributed by atoms with E-state index in [1.165, 1.54) is 0 Å². The number of hydrogen-bond donors (Lipinski definition) is 3. The van der Waals surface area contributed by atoms with Crippen molar-refractivity contribution in [2.45, 2.75) is 84.6 Å². The summed E-state index contributed by atoms with van der Waals surface area (Å²) in [6.45, 7) is 11.0. The highest BCUT2D eigenvalue weighted by molar-refractivity contribution is 5.81. The van der Waals surface area contributed by atoms with E-state index in [9.17, 15) is 19.2 Å². The number of cyclic esters (lactones) is 1. The summed E-state index contributed by atoms with van der Waals surface area (Å²) in [4.78, 5) is 48.6. The molecule has 2 fully saturated rings. The van der Waals surface area contributed by atoms with Gasteiger partial charge < -0.3 is 24.8 Å². The zero-order valence-electron chi connectivity index (χ0n) is 23.2. The Kier molecular flexibility index (Phi) is 23.1. The van der Waals surface area contributed by atoms with Gasteiger partial charge in [-0.15, -0.1) is 0 Å². The average Bonchev–Trinajstić information content (AvgIpc) is 3.12. The highest BCUT2D eigenvalue weighted by Gasteiger charge is 2.41. The van der Waals surface area contributed by atoms with Crippen LogP contribution in [0.1, 0.15) is 78.6 Å². The summed E-state index contributed by atoms with van der Waals surface area (Å²) in [6.07, 6.45) is 12.2. The zero-order chi connectivity index (χ0) is 29.3. The van der Waals surface area contributed by atoms with Gasteiger partial charge in [-0.3, -0.25) is 4.79 Å². The van der Waals surface area contributed by atoms with Gasteiger partial charge in [-0.1, -0.05) is 27.4 Å². The predicted molar refractivity (Wildman–Crippen MR) is 142 cm³/mol. The van der Waals surface area contributed by atoms with E-state index in [-0.39, 0.29) is 49.3 Å². The van der Waals surface area contributed by atoms with Crippen LogP contribution >= 0.6 is 0 Å². The van der Waals surface area contributed by atoms with Crippen LogP contribution in [0.25, 0.3) is 0 Å². The van der Waals surface area contributed by atoms with Crippen LogP contribution in [0, 0.1) is 10.8 Å². The zero-order valence-corrected chi connectivity index (χ0v) is 23.2. The average molecular weight is 543 g/mol. The first-order valence-electron chi connectivity index (χ1n) is 12.9. The number of aliphatic hydroxyl groups excluding tert-OH is 3. The van der Waals surface area contributed by atoms with Crippen molar-refractivity contribution in [3.05, 3.63) is 12.7 Å². The van der Waals surface area contributed by atoms with Crippen LogP contribution in [0.5, 0.6) is 0 Å². The van der Waals surface area contributed by atoms with Crippen molar-refractivity contribution in [2.75, 3.05) is 39.6 Å². The lowest BCUT2D eigenvalue weighted by atomic mass is 9.63. The molecule has 2 unspecified atom stereocenters. The first-order valence-corrected chi connectivity index (χ1v) is 12.9.